The van der Waals surface area contributed by atoms with Crippen molar-refractivity contribution in [2.75, 3.05) is 29.8 Å². The summed E-state index contributed by atoms with van der Waals surface area (Å²) in [6.07, 6.45) is 0.591. The van der Waals surface area contributed by atoms with E-state index in [0.717, 1.165) is 5.56 Å². The fourth-order valence-electron chi connectivity index (χ4n) is 3.06. The Morgan fingerprint density at radius 1 is 1.15 bits per heavy atom. The second-order valence-electron chi connectivity index (χ2n) is 6.29. The molecule has 3 rings (SSSR count). The van der Waals surface area contributed by atoms with Gasteiger partial charge in [-0.3, -0.25) is 9.10 Å². The van der Waals surface area contributed by atoms with E-state index in [2.05, 4.69) is 5.32 Å². The van der Waals surface area contributed by atoms with Crippen LogP contribution in [0.25, 0.3) is 0 Å². The summed E-state index contributed by atoms with van der Waals surface area (Å²) in [5.41, 5.74) is 1.86. The second kappa shape index (κ2) is 7.88. The van der Waals surface area contributed by atoms with Crippen LogP contribution in [0.3, 0.4) is 0 Å². The number of aliphatic hydroxyl groups excluding tert-OH is 1. The highest BCUT2D eigenvalue weighted by molar-refractivity contribution is 7.93. The third-order valence-corrected chi connectivity index (χ3v) is 6.37. The molecule has 1 fully saturated rings. The summed E-state index contributed by atoms with van der Waals surface area (Å²) in [7, 11) is -3.28. The van der Waals surface area contributed by atoms with Crippen molar-refractivity contribution in [2.24, 2.45) is 0 Å². The van der Waals surface area contributed by atoms with E-state index in [1.165, 1.54) is 4.31 Å². The average molecular weight is 374 g/mol. The second-order valence-corrected chi connectivity index (χ2v) is 8.31. The fraction of sp³-hybridized carbons (Fsp3) is 0.316. The van der Waals surface area contributed by atoms with Gasteiger partial charge in [0, 0.05) is 24.6 Å². The Balaban J connectivity index is 1.69. The maximum absolute atomic E-state index is 12.5. The molecule has 2 aromatic rings. The summed E-state index contributed by atoms with van der Waals surface area (Å²) < 4.78 is 25.5. The van der Waals surface area contributed by atoms with E-state index in [4.69, 9.17) is 0 Å². The van der Waals surface area contributed by atoms with Crippen molar-refractivity contribution in [3.05, 3.63) is 65.7 Å². The summed E-state index contributed by atoms with van der Waals surface area (Å²) in [6, 6.07) is 16.1. The normalized spacial score (nSPS) is 17.0. The molecule has 0 saturated carbocycles. The summed E-state index contributed by atoms with van der Waals surface area (Å²) >= 11 is 0. The number of amides is 1. The Bertz CT molecular complexity index is 868. The molecule has 1 atom stereocenters. The maximum Gasteiger partial charge on any atom is 0.251 e. The molecule has 0 bridgehead atoms. The molecule has 6 nitrogen and oxygen atoms in total. The standard InChI is InChI=1S/C19H22N2O4S/c22-14-17(15-6-2-1-3-7-15)13-20-19(23)16-8-4-9-18(12-16)21-10-5-11-26(21,24)25/h1-4,6-9,12,17,22H,5,10-11,13-14H2,(H,20,23). The van der Waals surface area contributed by atoms with Crippen LogP contribution >= 0.6 is 0 Å². The predicted molar refractivity (Wildman–Crippen MR) is 101 cm³/mol. The number of sulfonamides is 1. The Kier molecular flexibility index (Phi) is 5.58. The van der Waals surface area contributed by atoms with Gasteiger partial charge in [0.1, 0.15) is 0 Å². The Labute approximate surface area is 153 Å². The Morgan fingerprint density at radius 2 is 1.92 bits per heavy atom. The molecule has 1 aliphatic heterocycles. The molecule has 1 amide bonds. The highest BCUT2D eigenvalue weighted by atomic mass is 32.2. The third kappa shape index (κ3) is 4.05. The zero-order valence-electron chi connectivity index (χ0n) is 14.3. The van der Waals surface area contributed by atoms with Gasteiger partial charge < -0.3 is 10.4 Å². The van der Waals surface area contributed by atoms with Crippen LogP contribution in [0.5, 0.6) is 0 Å². The molecule has 1 saturated heterocycles. The number of aliphatic hydroxyl groups is 1. The van der Waals surface area contributed by atoms with Crippen molar-refractivity contribution in [1.29, 1.82) is 0 Å². The Hall–Kier alpha value is -2.38. The largest absolute Gasteiger partial charge is 0.396 e. The van der Waals surface area contributed by atoms with E-state index in [-0.39, 0.29) is 24.2 Å². The van der Waals surface area contributed by atoms with Crippen LogP contribution in [0.1, 0.15) is 28.3 Å². The van der Waals surface area contributed by atoms with Gasteiger partial charge in [-0.05, 0) is 30.2 Å². The topological polar surface area (TPSA) is 86.7 Å². The number of carbonyl (C=O) groups excluding carboxylic acids is 1. The van der Waals surface area contributed by atoms with Crippen LogP contribution in [-0.4, -0.2) is 44.9 Å². The minimum absolute atomic E-state index is 0.0731. The van der Waals surface area contributed by atoms with E-state index < -0.39 is 10.0 Å². The van der Waals surface area contributed by atoms with Crippen molar-refractivity contribution < 1.29 is 18.3 Å². The molecule has 2 aromatic carbocycles. The van der Waals surface area contributed by atoms with Crippen LogP contribution in [0, 0.1) is 0 Å². The van der Waals surface area contributed by atoms with E-state index in [9.17, 15) is 18.3 Å². The van der Waals surface area contributed by atoms with Crippen LogP contribution in [0.4, 0.5) is 5.69 Å². The van der Waals surface area contributed by atoms with Gasteiger partial charge in [0.05, 0.1) is 18.0 Å². The smallest absolute Gasteiger partial charge is 0.251 e. The number of hydrogen-bond donors (Lipinski definition) is 2. The summed E-state index contributed by atoms with van der Waals surface area (Å²) in [6.45, 7) is 0.663. The van der Waals surface area contributed by atoms with Gasteiger partial charge >= 0.3 is 0 Å². The predicted octanol–water partition coefficient (Wildman–Crippen LogP) is 1.73. The van der Waals surface area contributed by atoms with Crippen molar-refractivity contribution in [3.8, 4) is 0 Å². The Morgan fingerprint density at radius 3 is 2.58 bits per heavy atom. The first kappa shape index (κ1) is 18.4. The van der Waals surface area contributed by atoms with E-state index in [1.807, 2.05) is 30.3 Å². The minimum Gasteiger partial charge on any atom is -0.396 e. The van der Waals surface area contributed by atoms with Gasteiger partial charge in [-0.2, -0.15) is 0 Å². The molecular weight excluding hydrogens is 352 g/mol. The van der Waals surface area contributed by atoms with Crippen molar-refractivity contribution in [3.63, 3.8) is 0 Å². The highest BCUT2D eigenvalue weighted by Gasteiger charge is 2.28. The van der Waals surface area contributed by atoms with Crippen LogP contribution in [0.2, 0.25) is 0 Å². The molecule has 26 heavy (non-hydrogen) atoms. The number of benzene rings is 2. The van der Waals surface area contributed by atoms with Crippen molar-refractivity contribution in [2.45, 2.75) is 12.3 Å². The van der Waals surface area contributed by atoms with E-state index in [1.54, 1.807) is 24.3 Å². The molecule has 1 aliphatic rings. The number of anilines is 1. The van der Waals surface area contributed by atoms with E-state index >= 15 is 0 Å². The van der Waals surface area contributed by atoms with Gasteiger partial charge in [0.15, 0.2) is 0 Å². The molecule has 0 aromatic heterocycles. The molecule has 1 unspecified atom stereocenters. The van der Waals surface area contributed by atoms with Crippen molar-refractivity contribution in [1.82, 2.24) is 5.32 Å². The highest BCUT2D eigenvalue weighted by Crippen LogP contribution is 2.24. The monoisotopic (exact) mass is 374 g/mol. The molecule has 2 N–H and O–H groups in total. The summed E-state index contributed by atoms with van der Waals surface area (Å²) in [5.74, 6) is -0.348. The number of nitrogens with zero attached hydrogens (tertiary/aromatic N) is 1. The van der Waals surface area contributed by atoms with Crippen molar-refractivity contribution >= 4 is 21.6 Å². The first-order valence-corrected chi connectivity index (χ1v) is 10.2. The summed E-state index contributed by atoms with van der Waals surface area (Å²) in [4.78, 5) is 12.5. The molecule has 1 heterocycles. The van der Waals surface area contributed by atoms with Gasteiger partial charge in [-0.25, -0.2) is 8.42 Å². The first-order chi connectivity index (χ1) is 12.5. The number of hydrogen-bond acceptors (Lipinski definition) is 4. The molecular formula is C19H22N2O4S. The zero-order chi connectivity index (χ0) is 18.6. The lowest BCUT2D eigenvalue weighted by Gasteiger charge is -2.18. The molecule has 0 aliphatic carbocycles. The quantitative estimate of drug-likeness (QED) is 0.806. The number of nitrogens with one attached hydrogen (secondary N) is 1. The number of rotatable bonds is 6. The number of carbonyl (C=O) groups is 1. The molecule has 0 radical (unpaired) electrons. The van der Waals surface area contributed by atoms with Gasteiger partial charge in [-0.1, -0.05) is 36.4 Å². The SMILES string of the molecule is O=C(NCC(CO)c1ccccc1)c1cccc(N2CCCS2(=O)=O)c1. The molecule has 0 spiro atoms. The van der Waals surface area contributed by atoms with Gasteiger partial charge in [-0.15, -0.1) is 0 Å². The fourth-order valence-corrected chi connectivity index (χ4v) is 4.62. The zero-order valence-corrected chi connectivity index (χ0v) is 15.2. The lowest BCUT2D eigenvalue weighted by Crippen LogP contribution is -2.30. The maximum atomic E-state index is 12.5. The van der Waals surface area contributed by atoms with Crippen LogP contribution < -0.4 is 9.62 Å². The van der Waals surface area contributed by atoms with Crippen LogP contribution in [-0.2, 0) is 10.0 Å². The molecule has 7 heteroatoms. The lowest BCUT2D eigenvalue weighted by atomic mass is 10.00. The summed E-state index contributed by atoms with van der Waals surface area (Å²) in [5, 5.41) is 12.4. The van der Waals surface area contributed by atoms with E-state index in [0.29, 0.717) is 30.8 Å². The lowest BCUT2D eigenvalue weighted by molar-refractivity contribution is 0.0947. The minimum atomic E-state index is -3.28. The average Bonchev–Trinajstić information content (AvgIpc) is 3.02. The first-order valence-electron chi connectivity index (χ1n) is 8.56. The van der Waals surface area contributed by atoms with Gasteiger partial charge in [0.2, 0.25) is 10.0 Å². The van der Waals surface area contributed by atoms with Crippen LogP contribution in [0.15, 0.2) is 54.6 Å². The molecule has 138 valence electrons. The van der Waals surface area contributed by atoms with Gasteiger partial charge in [0.25, 0.3) is 5.91 Å². The third-order valence-electron chi connectivity index (χ3n) is 4.50.